The van der Waals surface area contributed by atoms with Crippen molar-refractivity contribution in [2.24, 2.45) is 11.7 Å². The van der Waals surface area contributed by atoms with Crippen molar-refractivity contribution in [1.82, 2.24) is 19.7 Å². The Bertz CT molecular complexity index is 550. The minimum absolute atomic E-state index is 0.136. The number of amides is 1. The molecule has 7 nitrogen and oxygen atoms in total. The molecule has 0 aromatic carbocycles. The molecule has 2 rings (SSSR count). The van der Waals surface area contributed by atoms with Gasteiger partial charge in [0.1, 0.15) is 0 Å². The minimum Gasteiger partial charge on any atom is -0.327 e. The largest absolute Gasteiger partial charge is 0.327 e. The zero-order chi connectivity index (χ0) is 13.8. The predicted octanol–water partition coefficient (Wildman–Crippen LogP) is 0.584. The second-order valence-electron chi connectivity index (χ2n) is 4.36. The number of nitrogens with zero attached hydrogens (tertiary/aromatic N) is 4. The van der Waals surface area contributed by atoms with Crippen LogP contribution in [0.5, 0.6) is 0 Å². The van der Waals surface area contributed by atoms with E-state index in [1.165, 1.54) is 4.68 Å². The van der Waals surface area contributed by atoms with E-state index in [0.717, 1.165) is 0 Å². The third kappa shape index (κ3) is 3.14. The highest BCUT2D eigenvalue weighted by Gasteiger charge is 2.17. The topological polar surface area (TPSA) is 98.7 Å². The quantitative estimate of drug-likeness (QED) is 0.838. The molecule has 2 atom stereocenters. The third-order valence-corrected chi connectivity index (χ3v) is 2.81. The van der Waals surface area contributed by atoms with Crippen molar-refractivity contribution in [1.29, 1.82) is 0 Å². The number of carbonyl (C=O) groups excluding carboxylic acids is 1. The summed E-state index contributed by atoms with van der Waals surface area (Å²) in [5, 5.41) is 6.84. The molecule has 100 valence electrons. The van der Waals surface area contributed by atoms with Gasteiger partial charge in [0.15, 0.2) is 0 Å². The summed E-state index contributed by atoms with van der Waals surface area (Å²) >= 11 is 0. The number of anilines is 1. The molecule has 19 heavy (non-hydrogen) atoms. The van der Waals surface area contributed by atoms with Gasteiger partial charge in [0, 0.05) is 18.4 Å². The highest BCUT2D eigenvalue weighted by molar-refractivity contribution is 5.92. The molecule has 0 saturated carbocycles. The van der Waals surface area contributed by atoms with Crippen molar-refractivity contribution in [2.45, 2.75) is 19.9 Å². The molecule has 2 unspecified atom stereocenters. The average Bonchev–Trinajstić information content (AvgIpc) is 2.87. The fourth-order valence-electron chi connectivity index (χ4n) is 1.40. The Balaban J connectivity index is 2.08. The number of carbonyl (C=O) groups is 1. The second kappa shape index (κ2) is 5.57. The van der Waals surface area contributed by atoms with Gasteiger partial charge in [0.2, 0.25) is 11.9 Å². The maximum absolute atomic E-state index is 11.8. The fraction of sp³-hybridized carbons (Fsp3) is 0.333. The Labute approximate surface area is 110 Å². The molecular weight excluding hydrogens is 244 g/mol. The van der Waals surface area contributed by atoms with Crippen molar-refractivity contribution < 1.29 is 4.79 Å². The molecule has 0 fully saturated rings. The van der Waals surface area contributed by atoms with Gasteiger partial charge < -0.3 is 11.1 Å². The lowest BCUT2D eigenvalue weighted by molar-refractivity contribution is -0.119. The maximum atomic E-state index is 11.8. The first-order valence-corrected chi connectivity index (χ1v) is 5.96. The molecule has 0 spiro atoms. The standard InChI is InChI=1S/C12H16N6O/c1-8(9(2)13)11(19)17-10-6-16-18(7-10)12-14-4-3-5-15-12/h3-9H,13H2,1-2H3,(H,17,19). The number of rotatable bonds is 4. The number of nitrogens with two attached hydrogens (primary N) is 1. The van der Waals surface area contributed by atoms with E-state index in [0.29, 0.717) is 11.6 Å². The van der Waals surface area contributed by atoms with Gasteiger partial charge in [-0.05, 0) is 13.0 Å². The third-order valence-electron chi connectivity index (χ3n) is 2.81. The Morgan fingerprint density at radius 2 is 2.05 bits per heavy atom. The van der Waals surface area contributed by atoms with Crippen molar-refractivity contribution in [3.63, 3.8) is 0 Å². The van der Waals surface area contributed by atoms with Crippen molar-refractivity contribution in [3.05, 3.63) is 30.9 Å². The summed E-state index contributed by atoms with van der Waals surface area (Å²) in [5.41, 5.74) is 6.27. The van der Waals surface area contributed by atoms with E-state index in [9.17, 15) is 4.79 Å². The van der Waals surface area contributed by atoms with E-state index < -0.39 is 0 Å². The van der Waals surface area contributed by atoms with Crippen LogP contribution < -0.4 is 11.1 Å². The first-order chi connectivity index (χ1) is 9.08. The molecule has 0 radical (unpaired) electrons. The molecule has 0 saturated heterocycles. The summed E-state index contributed by atoms with van der Waals surface area (Å²) in [5.74, 6) is 0.0445. The van der Waals surface area contributed by atoms with Crippen molar-refractivity contribution in [2.75, 3.05) is 5.32 Å². The second-order valence-corrected chi connectivity index (χ2v) is 4.36. The van der Waals surface area contributed by atoms with Crippen LogP contribution in [0.3, 0.4) is 0 Å². The number of hydrogen-bond donors (Lipinski definition) is 2. The lowest BCUT2D eigenvalue weighted by atomic mass is 10.0. The van der Waals surface area contributed by atoms with E-state index in [4.69, 9.17) is 5.73 Å². The normalized spacial score (nSPS) is 13.8. The summed E-state index contributed by atoms with van der Waals surface area (Å²) < 4.78 is 1.49. The van der Waals surface area contributed by atoms with E-state index in [-0.39, 0.29) is 17.9 Å². The van der Waals surface area contributed by atoms with Crippen LogP contribution >= 0.6 is 0 Å². The number of nitrogens with one attached hydrogen (secondary N) is 1. The molecule has 0 aliphatic rings. The van der Waals surface area contributed by atoms with Crippen LogP contribution in [-0.4, -0.2) is 31.7 Å². The summed E-state index contributed by atoms with van der Waals surface area (Å²) in [4.78, 5) is 20.0. The molecule has 0 aliphatic heterocycles. The van der Waals surface area contributed by atoms with Crippen LogP contribution in [-0.2, 0) is 4.79 Å². The van der Waals surface area contributed by atoms with Crippen LogP contribution in [0.2, 0.25) is 0 Å². The highest BCUT2D eigenvalue weighted by Crippen LogP contribution is 2.10. The summed E-state index contributed by atoms with van der Waals surface area (Å²) in [6.45, 7) is 3.58. The van der Waals surface area contributed by atoms with Gasteiger partial charge in [-0.1, -0.05) is 6.92 Å². The van der Waals surface area contributed by atoms with E-state index >= 15 is 0 Å². The minimum atomic E-state index is -0.267. The first kappa shape index (κ1) is 13.2. The van der Waals surface area contributed by atoms with Gasteiger partial charge >= 0.3 is 0 Å². The zero-order valence-corrected chi connectivity index (χ0v) is 10.8. The van der Waals surface area contributed by atoms with E-state index in [1.54, 1.807) is 44.7 Å². The molecule has 2 aromatic heterocycles. The van der Waals surface area contributed by atoms with Crippen LogP contribution in [0.25, 0.3) is 5.95 Å². The van der Waals surface area contributed by atoms with Gasteiger partial charge in [-0.15, -0.1) is 0 Å². The lowest BCUT2D eigenvalue weighted by Gasteiger charge is -2.14. The molecular formula is C12H16N6O. The number of aromatic nitrogens is 4. The smallest absolute Gasteiger partial charge is 0.250 e. The maximum Gasteiger partial charge on any atom is 0.250 e. The molecule has 2 heterocycles. The van der Waals surface area contributed by atoms with Gasteiger partial charge in [-0.2, -0.15) is 5.10 Å². The Kier molecular flexibility index (Phi) is 3.86. The van der Waals surface area contributed by atoms with Gasteiger partial charge in [-0.3, -0.25) is 4.79 Å². The fourth-order valence-corrected chi connectivity index (χ4v) is 1.40. The Hall–Kier alpha value is -2.28. The summed E-state index contributed by atoms with van der Waals surface area (Å²) in [6, 6.07) is 1.52. The van der Waals surface area contributed by atoms with Crippen LogP contribution in [0.1, 0.15) is 13.8 Å². The SMILES string of the molecule is CC(N)C(C)C(=O)Nc1cnn(-c2ncccn2)c1. The molecule has 1 amide bonds. The predicted molar refractivity (Wildman–Crippen MR) is 70.6 cm³/mol. The highest BCUT2D eigenvalue weighted by atomic mass is 16.1. The summed E-state index contributed by atoms with van der Waals surface area (Å²) in [7, 11) is 0. The van der Waals surface area contributed by atoms with Crippen molar-refractivity contribution >= 4 is 11.6 Å². The van der Waals surface area contributed by atoms with Crippen LogP contribution in [0, 0.1) is 5.92 Å². The van der Waals surface area contributed by atoms with Gasteiger partial charge in [0.25, 0.3) is 0 Å². The van der Waals surface area contributed by atoms with E-state index in [1.807, 2.05) is 0 Å². The average molecular weight is 260 g/mol. The lowest BCUT2D eigenvalue weighted by Crippen LogP contribution is -2.34. The first-order valence-electron chi connectivity index (χ1n) is 5.96. The zero-order valence-electron chi connectivity index (χ0n) is 10.8. The van der Waals surface area contributed by atoms with Gasteiger partial charge in [-0.25, -0.2) is 14.6 Å². The molecule has 3 N–H and O–H groups in total. The van der Waals surface area contributed by atoms with Crippen LogP contribution in [0.4, 0.5) is 5.69 Å². The van der Waals surface area contributed by atoms with Crippen molar-refractivity contribution in [3.8, 4) is 5.95 Å². The Morgan fingerprint density at radius 3 is 2.68 bits per heavy atom. The molecule has 2 aromatic rings. The molecule has 0 aliphatic carbocycles. The molecule has 7 heteroatoms. The van der Waals surface area contributed by atoms with Gasteiger partial charge in [0.05, 0.1) is 24.0 Å². The summed E-state index contributed by atoms with van der Waals surface area (Å²) in [6.07, 6.45) is 6.45. The molecule has 0 bridgehead atoms. The number of hydrogen-bond acceptors (Lipinski definition) is 5. The Morgan fingerprint density at radius 1 is 1.37 bits per heavy atom. The van der Waals surface area contributed by atoms with E-state index in [2.05, 4.69) is 20.4 Å². The monoisotopic (exact) mass is 260 g/mol. The van der Waals surface area contributed by atoms with Crippen LogP contribution in [0.15, 0.2) is 30.9 Å².